The Bertz CT molecular complexity index is 367. The second kappa shape index (κ2) is 5.42. The van der Waals surface area contributed by atoms with E-state index in [2.05, 4.69) is 15.9 Å². The topological polar surface area (TPSA) is 9.23 Å². The molecule has 0 N–H and O–H groups in total. The normalized spacial score (nSPS) is 25.4. The maximum atomic E-state index is 6.07. The molecule has 1 nitrogen and oxygen atoms in total. The van der Waals surface area contributed by atoms with Crippen LogP contribution < -0.4 is 4.74 Å². The number of hydrogen-bond acceptors (Lipinski definition) is 1. The van der Waals surface area contributed by atoms with Gasteiger partial charge in [0.15, 0.2) is 0 Å². The van der Waals surface area contributed by atoms with Crippen molar-refractivity contribution in [2.75, 3.05) is 7.11 Å². The van der Waals surface area contributed by atoms with E-state index in [0.717, 1.165) is 10.8 Å². The first kappa shape index (κ1) is 12.3. The lowest BCUT2D eigenvalue weighted by molar-refractivity contribution is 0.392. The second-order valence-corrected chi connectivity index (χ2v) is 5.91. The number of alkyl halides is 1. The second-order valence-electron chi connectivity index (χ2n) is 4.29. The van der Waals surface area contributed by atoms with Crippen LogP contribution in [0.4, 0.5) is 0 Å². The monoisotopic (exact) mass is 302 g/mol. The van der Waals surface area contributed by atoms with Crippen LogP contribution in [0, 0.1) is 0 Å². The van der Waals surface area contributed by atoms with Crippen molar-refractivity contribution in [2.45, 2.75) is 36.4 Å². The Morgan fingerprint density at radius 1 is 1.31 bits per heavy atom. The first-order chi connectivity index (χ1) is 7.72. The Morgan fingerprint density at radius 3 is 2.75 bits per heavy atom. The molecule has 2 atom stereocenters. The van der Waals surface area contributed by atoms with Gasteiger partial charge in [-0.05, 0) is 36.6 Å². The summed E-state index contributed by atoms with van der Waals surface area (Å²) < 4.78 is 5.42. The Morgan fingerprint density at radius 2 is 2.06 bits per heavy atom. The van der Waals surface area contributed by atoms with Gasteiger partial charge in [0.05, 0.1) is 7.11 Å². The summed E-state index contributed by atoms with van der Waals surface area (Å²) in [5, 5.41) is 0.793. The van der Waals surface area contributed by atoms with Crippen LogP contribution in [0.5, 0.6) is 5.75 Å². The molecule has 0 amide bonds. The summed E-state index contributed by atoms with van der Waals surface area (Å²) in [4.78, 5) is 0.550. The molecule has 1 aliphatic rings. The molecule has 0 aliphatic heterocycles. The van der Waals surface area contributed by atoms with Gasteiger partial charge < -0.3 is 4.74 Å². The first-order valence-electron chi connectivity index (χ1n) is 5.70. The number of halogens is 2. The zero-order valence-electron chi connectivity index (χ0n) is 9.38. The fraction of sp³-hybridized carbons (Fsp3) is 0.538. The van der Waals surface area contributed by atoms with E-state index in [9.17, 15) is 0 Å². The van der Waals surface area contributed by atoms with Crippen molar-refractivity contribution in [3.05, 3.63) is 28.8 Å². The number of benzene rings is 1. The zero-order chi connectivity index (χ0) is 11.5. The van der Waals surface area contributed by atoms with Gasteiger partial charge in [0, 0.05) is 15.8 Å². The summed E-state index contributed by atoms with van der Waals surface area (Å²) in [7, 11) is 1.72. The molecule has 0 saturated heterocycles. The van der Waals surface area contributed by atoms with Crippen LogP contribution in [0.3, 0.4) is 0 Å². The largest absolute Gasteiger partial charge is 0.496 e. The smallest absolute Gasteiger partial charge is 0.122 e. The van der Waals surface area contributed by atoms with Crippen molar-refractivity contribution in [3.63, 3.8) is 0 Å². The summed E-state index contributed by atoms with van der Waals surface area (Å²) in [6.45, 7) is 0. The van der Waals surface area contributed by atoms with E-state index in [4.69, 9.17) is 16.3 Å². The highest BCUT2D eigenvalue weighted by Crippen LogP contribution is 2.41. The zero-order valence-corrected chi connectivity index (χ0v) is 11.7. The van der Waals surface area contributed by atoms with E-state index in [1.165, 1.54) is 31.2 Å². The van der Waals surface area contributed by atoms with Crippen molar-refractivity contribution in [3.8, 4) is 5.75 Å². The molecule has 0 spiro atoms. The lowest BCUT2D eigenvalue weighted by Gasteiger charge is -2.29. The summed E-state index contributed by atoms with van der Waals surface area (Å²) in [5.74, 6) is 1.49. The summed E-state index contributed by atoms with van der Waals surface area (Å²) >= 11 is 9.85. The van der Waals surface area contributed by atoms with E-state index in [0.29, 0.717) is 10.7 Å². The van der Waals surface area contributed by atoms with E-state index < -0.39 is 0 Å². The highest BCUT2D eigenvalue weighted by atomic mass is 79.9. The third-order valence-electron chi connectivity index (χ3n) is 3.27. The summed E-state index contributed by atoms with van der Waals surface area (Å²) in [6, 6.07) is 5.90. The molecule has 0 aromatic heterocycles. The molecule has 0 bridgehead atoms. The molecule has 1 aliphatic carbocycles. The lowest BCUT2D eigenvalue weighted by Crippen LogP contribution is -2.17. The molecule has 88 valence electrons. The van der Waals surface area contributed by atoms with Crippen molar-refractivity contribution >= 4 is 27.5 Å². The van der Waals surface area contributed by atoms with Crippen molar-refractivity contribution in [1.82, 2.24) is 0 Å². The molecule has 2 rings (SSSR count). The Balaban J connectivity index is 2.33. The van der Waals surface area contributed by atoms with Crippen LogP contribution in [0.2, 0.25) is 5.02 Å². The molecule has 1 aromatic rings. The van der Waals surface area contributed by atoms with Gasteiger partial charge in [-0.25, -0.2) is 0 Å². The van der Waals surface area contributed by atoms with Crippen LogP contribution in [-0.4, -0.2) is 11.9 Å². The number of methoxy groups -OCH3 is 1. The lowest BCUT2D eigenvalue weighted by atomic mass is 9.83. The SMILES string of the molecule is COc1ccc(Cl)cc1C1CCCCC1Br. The molecule has 3 heteroatoms. The predicted molar refractivity (Wildman–Crippen MR) is 71.9 cm³/mol. The average molecular weight is 304 g/mol. The molecule has 2 unspecified atom stereocenters. The van der Waals surface area contributed by atoms with Crippen LogP contribution in [0.25, 0.3) is 0 Å². The van der Waals surface area contributed by atoms with E-state index in [1.54, 1.807) is 7.11 Å². The third-order valence-corrected chi connectivity index (χ3v) is 4.60. The summed E-state index contributed by atoms with van der Waals surface area (Å²) in [6.07, 6.45) is 5.06. The molecular weight excluding hydrogens is 287 g/mol. The van der Waals surface area contributed by atoms with Gasteiger partial charge in [-0.2, -0.15) is 0 Å². The Labute approximate surface area is 110 Å². The van der Waals surface area contributed by atoms with Crippen molar-refractivity contribution in [1.29, 1.82) is 0 Å². The van der Waals surface area contributed by atoms with Gasteiger partial charge in [-0.15, -0.1) is 0 Å². The standard InChI is InChI=1S/C13H16BrClO/c1-16-13-7-6-9(15)8-11(13)10-4-2-3-5-12(10)14/h6-8,10,12H,2-5H2,1H3. The fourth-order valence-corrected chi connectivity index (χ4v) is 3.48. The highest BCUT2D eigenvalue weighted by Gasteiger charge is 2.26. The number of rotatable bonds is 2. The highest BCUT2D eigenvalue weighted by molar-refractivity contribution is 9.09. The molecule has 16 heavy (non-hydrogen) atoms. The molecular formula is C13H16BrClO. The fourth-order valence-electron chi connectivity index (χ4n) is 2.43. The maximum Gasteiger partial charge on any atom is 0.122 e. The molecule has 0 radical (unpaired) electrons. The van der Waals surface area contributed by atoms with E-state index in [1.807, 2.05) is 18.2 Å². The van der Waals surface area contributed by atoms with Crippen molar-refractivity contribution in [2.24, 2.45) is 0 Å². The average Bonchev–Trinajstić information content (AvgIpc) is 2.29. The van der Waals surface area contributed by atoms with Crippen LogP contribution >= 0.6 is 27.5 Å². The van der Waals surface area contributed by atoms with Gasteiger partial charge in [0.1, 0.15) is 5.75 Å². The van der Waals surface area contributed by atoms with Crippen LogP contribution in [0.1, 0.15) is 37.2 Å². The predicted octanol–water partition coefficient (Wildman–Crippen LogP) is 4.77. The minimum Gasteiger partial charge on any atom is -0.496 e. The Hall–Kier alpha value is -0.210. The summed E-state index contributed by atoms with van der Waals surface area (Å²) in [5.41, 5.74) is 1.25. The molecule has 0 heterocycles. The molecule has 1 saturated carbocycles. The molecule has 1 fully saturated rings. The van der Waals surface area contributed by atoms with E-state index >= 15 is 0 Å². The van der Waals surface area contributed by atoms with Gasteiger partial charge in [0.2, 0.25) is 0 Å². The van der Waals surface area contributed by atoms with Gasteiger partial charge in [0.25, 0.3) is 0 Å². The third kappa shape index (κ3) is 2.54. The quantitative estimate of drug-likeness (QED) is 0.715. The number of hydrogen-bond donors (Lipinski definition) is 0. The minimum atomic E-state index is 0.530. The van der Waals surface area contributed by atoms with Gasteiger partial charge in [-0.1, -0.05) is 40.4 Å². The van der Waals surface area contributed by atoms with Crippen LogP contribution in [-0.2, 0) is 0 Å². The number of ether oxygens (including phenoxy) is 1. The molecule has 1 aromatic carbocycles. The first-order valence-corrected chi connectivity index (χ1v) is 6.99. The minimum absolute atomic E-state index is 0.530. The van der Waals surface area contributed by atoms with Crippen molar-refractivity contribution < 1.29 is 4.74 Å². The van der Waals surface area contributed by atoms with E-state index in [-0.39, 0.29) is 0 Å². The van der Waals surface area contributed by atoms with Gasteiger partial charge in [-0.3, -0.25) is 0 Å². The van der Waals surface area contributed by atoms with Gasteiger partial charge >= 0.3 is 0 Å². The Kier molecular flexibility index (Phi) is 4.15. The van der Waals surface area contributed by atoms with Crippen LogP contribution in [0.15, 0.2) is 18.2 Å². The maximum absolute atomic E-state index is 6.07.